The van der Waals surface area contributed by atoms with E-state index in [1.807, 2.05) is 0 Å². The van der Waals surface area contributed by atoms with Crippen molar-refractivity contribution in [1.82, 2.24) is 5.32 Å². The van der Waals surface area contributed by atoms with E-state index in [0.717, 1.165) is 0 Å². The molecule has 0 aliphatic carbocycles. The highest BCUT2D eigenvalue weighted by molar-refractivity contribution is 5.75. The van der Waals surface area contributed by atoms with Crippen LogP contribution in [0, 0.1) is 12.3 Å². The van der Waals surface area contributed by atoms with Gasteiger partial charge < -0.3 is 66.9 Å². The molecule has 46 heavy (non-hydrogen) atoms. The topological polar surface area (TPSA) is 149 Å². The Labute approximate surface area is 275 Å². The van der Waals surface area contributed by atoms with Gasteiger partial charge in [0.1, 0.15) is 6.61 Å². The van der Waals surface area contributed by atoms with Gasteiger partial charge in [-0.15, -0.1) is 6.42 Å². The second-order valence-electron chi connectivity index (χ2n) is 9.03. The summed E-state index contributed by atoms with van der Waals surface area (Å²) in [6.07, 6.45) is 5.43. The second-order valence-corrected chi connectivity index (χ2v) is 9.03. The minimum absolute atomic E-state index is 0.0377. The van der Waals surface area contributed by atoms with Crippen molar-refractivity contribution in [2.75, 3.05) is 179 Å². The minimum Gasteiger partial charge on any atom is -0.379 e. The summed E-state index contributed by atoms with van der Waals surface area (Å²) in [5.41, 5.74) is 0. The van der Waals surface area contributed by atoms with Gasteiger partial charge in [-0.3, -0.25) is 4.79 Å². The second kappa shape index (κ2) is 41.5. The molecule has 0 aliphatic rings. The highest BCUT2D eigenvalue weighted by atomic mass is 16.6. The van der Waals surface area contributed by atoms with E-state index < -0.39 is 0 Å². The van der Waals surface area contributed by atoms with Crippen molar-refractivity contribution < 1.29 is 66.4 Å². The zero-order valence-corrected chi connectivity index (χ0v) is 27.9. The smallest absolute Gasteiger partial charge is 0.222 e. The summed E-state index contributed by atoms with van der Waals surface area (Å²) in [7, 11) is 1.60. The van der Waals surface area contributed by atoms with Gasteiger partial charge in [-0.05, 0) is 0 Å². The van der Waals surface area contributed by atoms with Crippen LogP contribution in [0.1, 0.15) is 6.42 Å². The van der Waals surface area contributed by atoms with E-state index in [-0.39, 0.29) is 5.91 Å². The van der Waals surface area contributed by atoms with Crippen LogP contribution in [0.4, 0.5) is 0 Å². The molecule has 0 fully saturated rings. The lowest BCUT2D eigenvalue weighted by atomic mass is 10.4. The van der Waals surface area contributed by atoms with Gasteiger partial charge in [0.25, 0.3) is 0 Å². The summed E-state index contributed by atoms with van der Waals surface area (Å²) in [5, 5.41) is 2.54. The van der Waals surface area contributed by atoms with Crippen molar-refractivity contribution in [1.29, 1.82) is 0 Å². The molecule has 0 rings (SSSR count). The van der Waals surface area contributed by atoms with Gasteiger partial charge in [-0.1, -0.05) is 5.92 Å². The van der Waals surface area contributed by atoms with Gasteiger partial charge in [-0.25, -0.2) is 0 Å². The minimum atomic E-state index is -0.0377. The van der Waals surface area contributed by atoms with Crippen LogP contribution in [-0.2, 0) is 66.4 Å². The monoisotopic (exact) mass is 669 g/mol. The van der Waals surface area contributed by atoms with Crippen molar-refractivity contribution >= 4 is 5.91 Å². The molecular formula is C31H59NO14. The molecule has 0 spiro atoms. The van der Waals surface area contributed by atoms with Gasteiger partial charge >= 0.3 is 0 Å². The van der Waals surface area contributed by atoms with Gasteiger partial charge in [0.05, 0.1) is 165 Å². The SMILES string of the molecule is C#CCOCCOCCOCCOCCOCCOCCOCCOCCOCCOCCOCCOCCOCCC(=O)NC. The number of amides is 1. The fraction of sp³-hybridized carbons (Fsp3) is 0.903. The zero-order valence-electron chi connectivity index (χ0n) is 27.9. The van der Waals surface area contributed by atoms with Gasteiger partial charge in [0, 0.05) is 13.5 Å². The Balaban J connectivity index is 3.05. The zero-order chi connectivity index (χ0) is 33.3. The van der Waals surface area contributed by atoms with E-state index in [4.69, 9.17) is 68.0 Å². The maximum Gasteiger partial charge on any atom is 0.222 e. The van der Waals surface area contributed by atoms with Crippen LogP contribution in [0.5, 0.6) is 0 Å². The van der Waals surface area contributed by atoms with E-state index in [9.17, 15) is 4.79 Å². The lowest BCUT2D eigenvalue weighted by Gasteiger charge is -2.09. The summed E-state index contributed by atoms with van der Waals surface area (Å²) in [5.74, 6) is 2.36. The van der Waals surface area contributed by atoms with E-state index in [2.05, 4.69) is 11.2 Å². The summed E-state index contributed by atoms with van der Waals surface area (Å²) < 4.78 is 70.1. The standard InChI is InChI=1S/C31H59NO14/c1-3-5-34-7-9-36-11-13-38-15-17-40-19-21-42-23-25-44-27-29-46-30-28-45-26-24-43-22-20-41-18-16-39-14-12-37-10-8-35-6-4-31(33)32-2/h1H,4-30H2,2H3,(H,32,33). The summed E-state index contributed by atoms with van der Waals surface area (Å²) in [4.78, 5) is 11.0. The molecule has 0 aromatic rings. The number of hydrogen-bond acceptors (Lipinski definition) is 14. The Morgan fingerprint density at radius 3 is 0.783 bits per heavy atom. The third kappa shape index (κ3) is 40.5. The molecule has 1 N–H and O–H groups in total. The highest BCUT2D eigenvalue weighted by Gasteiger charge is 1.98. The number of rotatable bonds is 40. The predicted molar refractivity (Wildman–Crippen MR) is 168 cm³/mol. The maximum absolute atomic E-state index is 11.0. The first-order valence-electron chi connectivity index (χ1n) is 16.0. The number of terminal acetylenes is 1. The van der Waals surface area contributed by atoms with Gasteiger partial charge in [0.15, 0.2) is 0 Å². The fourth-order valence-corrected chi connectivity index (χ4v) is 3.06. The first-order chi connectivity index (χ1) is 22.8. The molecule has 0 aromatic heterocycles. The van der Waals surface area contributed by atoms with Crippen LogP contribution in [0.3, 0.4) is 0 Å². The van der Waals surface area contributed by atoms with Crippen molar-refractivity contribution in [3.05, 3.63) is 0 Å². The van der Waals surface area contributed by atoms with Crippen LogP contribution in [0.25, 0.3) is 0 Å². The molecule has 0 radical (unpaired) electrons. The molecule has 0 saturated heterocycles. The van der Waals surface area contributed by atoms with Crippen molar-refractivity contribution in [2.24, 2.45) is 0 Å². The average molecular weight is 670 g/mol. The number of carbonyl (C=O) groups is 1. The van der Waals surface area contributed by atoms with Crippen molar-refractivity contribution in [3.63, 3.8) is 0 Å². The molecule has 1 amide bonds. The Morgan fingerprint density at radius 1 is 0.391 bits per heavy atom. The van der Waals surface area contributed by atoms with Crippen LogP contribution >= 0.6 is 0 Å². The van der Waals surface area contributed by atoms with E-state index in [1.165, 1.54) is 0 Å². The normalized spacial score (nSPS) is 11.2. The molecule has 272 valence electrons. The number of ether oxygens (including phenoxy) is 13. The fourth-order valence-electron chi connectivity index (χ4n) is 3.06. The molecule has 15 nitrogen and oxygen atoms in total. The van der Waals surface area contributed by atoms with Crippen LogP contribution < -0.4 is 5.32 Å². The molecule has 0 aliphatic heterocycles. The molecule has 0 atom stereocenters. The Morgan fingerprint density at radius 2 is 0.587 bits per heavy atom. The lowest BCUT2D eigenvalue weighted by Crippen LogP contribution is -2.20. The van der Waals surface area contributed by atoms with Crippen LogP contribution in [-0.4, -0.2) is 185 Å². The van der Waals surface area contributed by atoms with Crippen LogP contribution in [0.15, 0.2) is 0 Å². The summed E-state index contributed by atoms with van der Waals surface area (Å²) >= 11 is 0. The van der Waals surface area contributed by atoms with Crippen molar-refractivity contribution in [3.8, 4) is 12.3 Å². The largest absolute Gasteiger partial charge is 0.379 e. The molecule has 0 heterocycles. The molecule has 0 unspecified atom stereocenters. The maximum atomic E-state index is 11.0. The molecule has 15 heteroatoms. The van der Waals surface area contributed by atoms with E-state index >= 15 is 0 Å². The average Bonchev–Trinajstić information content (AvgIpc) is 3.07. The Kier molecular flexibility index (Phi) is 40.2. The number of nitrogens with one attached hydrogen (secondary N) is 1. The summed E-state index contributed by atoms with van der Waals surface area (Å²) in [6, 6.07) is 0. The number of carbonyl (C=O) groups excluding carboxylic acids is 1. The highest BCUT2D eigenvalue weighted by Crippen LogP contribution is 1.88. The predicted octanol–water partition coefficient (Wildman–Crippen LogP) is -0.0285. The molecular weight excluding hydrogens is 610 g/mol. The quantitative estimate of drug-likeness (QED) is 0.0688. The third-order valence-electron chi connectivity index (χ3n) is 5.40. The van der Waals surface area contributed by atoms with E-state index in [0.29, 0.717) is 178 Å². The van der Waals surface area contributed by atoms with Crippen LogP contribution in [0.2, 0.25) is 0 Å². The van der Waals surface area contributed by atoms with Crippen molar-refractivity contribution in [2.45, 2.75) is 6.42 Å². The lowest BCUT2D eigenvalue weighted by molar-refractivity contribution is -0.121. The number of hydrogen-bond donors (Lipinski definition) is 1. The first-order valence-corrected chi connectivity index (χ1v) is 16.0. The molecule has 0 bridgehead atoms. The Bertz CT molecular complexity index is 641. The Hall–Kier alpha value is -1.49. The third-order valence-corrected chi connectivity index (χ3v) is 5.40. The molecule has 0 saturated carbocycles. The first kappa shape index (κ1) is 44.5. The van der Waals surface area contributed by atoms with Gasteiger partial charge in [-0.2, -0.15) is 0 Å². The summed E-state index contributed by atoms with van der Waals surface area (Å²) in [6.45, 7) is 12.6. The van der Waals surface area contributed by atoms with Gasteiger partial charge in [0.2, 0.25) is 5.91 Å². The van der Waals surface area contributed by atoms with E-state index in [1.54, 1.807) is 7.05 Å². The molecule has 0 aromatic carbocycles.